The summed E-state index contributed by atoms with van der Waals surface area (Å²) in [5.74, 6) is 0.741. The zero-order valence-corrected chi connectivity index (χ0v) is 13.4. The van der Waals surface area contributed by atoms with Crippen molar-refractivity contribution < 1.29 is 17.7 Å². The molecular formula is C17H20F3N3O. The van der Waals surface area contributed by atoms with Crippen LogP contribution in [0, 0.1) is 0 Å². The monoisotopic (exact) mass is 339 g/mol. The van der Waals surface area contributed by atoms with Gasteiger partial charge in [0.25, 0.3) is 0 Å². The fourth-order valence-corrected chi connectivity index (χ4v) is 3.18. The molecule has 1 atom stereocenters. The lowest BCUT2D eigenvalue weighted by molar-refractivity contribution is -0.137. The lowest BCUT2D eigenvalue weighted by Gasteiger charge is -2.17. The molecule has 24 heavy (non-hydrogen) atoms. The number of hydrogen-bond acceptors (Lipinski definition) is 4. The highest BCUT2D eigenvalue weighted by molar-refractivity contribution is 5.26. The molecule has 1 heterocycles. The van der Waals surface area contributed by atoms with Crippen molar-refractivity contribution in [3.63, 3.8) is 0 Å². The molecule has 4 nitrogen and oxygen atoms in total. The van der Waals surface area contributed by atoms with Crippen molar-refractivity contribution in [2.24, 2.45) is 5.73 Å². The van der Waals surface area contributed by atoms with Gasteiger partial charge in [-0.3, -0.25) is 0 Å². The molecule has 0 amide bonds. The van der Waals surface area contributed by atoms with E-state index >= 15 is 0 Å². The molecule has 0 saturated heterocycles. The maximum Gasteiger partial charge on any atom is 0.416 e. The van der Waals surface area contributed by atoms with Crippen LogP contribution < -0.4 is 5.73 Å². The van der Waals surface area contributed by atoms with Crippen LogP contribution in [0.3, 0.4) is 0 Å². The highest BCUT2D eigenvalue weighted by Gasteiger charge is 2.36. The van der Waals surface area contributed by atoms with Crippen molar-refractivity contribution in [2.45, 2.75) is 56.7 Å². The molecule has 1 aromatic heterocycles. The van der Waals surface area contributed by atoms with Gasteiger partial charge >= 0.3 is 6.18 Å². The van der Waals surface area contributed by atoms with E-state index < -0.39 is 17.3 Å². The lowest BCUT2D eigenvalue weighted by atomic mass is 9.97. The third-order valence-corrected chi connectivity index (χ3v) is 4.60. The maximum absolute atomic E-state index is 12.8. The Morgan fingerprint density at radius 1 is 1.29 bits per heavy atom. The van der Waals surface area contributed by atoms with E-state index in [-0.39, 0.29) is 5.92 Å². The quantitative estimate of drug-likeness (QED) is 0.908. The van der Waals surface area contributed by atoms with E-state index in [0.29, 0.717) is 23.7 Å². The largest absolute Gasteiger partial charge is 0.416 e. The van der Waals surface area contributed by atoms with Gasteiger partial charge in [0.2, 0.25) is 5.89 Å². The molecule has 1 aliphatic carbocycles. The minimum Gasteiger partial charge on any atom is -0.339 e. The van der Waals surface area contributed by atoms with Gasteiger partial charge in [-0.05, 0) is 30.9 Å². The summed E-state index contributed by atoms with van der Waals surface area (Å²) in [5.41, 5.74) is 5.71. The van der Waals surface area contributed by atoms with Gasteiger partial charge in [0.1, 0.15) is 0 Å². The fraction of sp³-hybridized carbons (Fsp3) is 0.529. The van der Waals surface area contributed by atoms with Crippen LogP contribution in [-0.2, 0) is 18.1 Å². The minimum absolute atomic E-state index is 0.181. The number of nitrogens with zero attached hydrogens (tertiary/aromatic N) is 2. The molecular weight excluding hydrogens is 319 g/mol. The van der Waals surface area contributed by atoms with Crippen LogP contribution in [0.5, 0.6) is 0 Å². The second-order valence-corrected chi connectivity index (χ2v) is 6.62. The van der Waals surface area contributed by atoms with E-state index in [1.54, 1.807) is 6.07 Å². The molecule has 1 fully saturated rings. The Hall–Kier alpha value is -1.89. The van der Waals surface area contributed by atoms with Gasteiger partial charge in [-0.25, -0.2) is 0 Å². The van der Waals surface area contributed by atoms with Crippen LogP contribution in [0.4, 0.5) is 13.2 Å². The first-order chi connectivity index (χ1) is 11.3. The lowest BCUT2D eigenvalue weighted by Crippen LogP contribution is -2.34. The third-order valence-electron chi connectivity index (χ3n) is 4.60. The van der Waals surface area contributed by atoms with Gasteiger partial charge in [0, 0.05) is 5.92 Å². The second kappa shape index (κ2) is 6.20. The molecule has 3 rings (SSSR count). The predicted octanol–water partition coefficient (Wildman–Crippen LogP) is 4.16. The summed E-state index contributed by atoms with van der Waals surface area (Å²) >= 11 is 0. The van der Waals surface area contributed by atoms with Crippen LogP contribution in [0.15, 0.2) is 28.8 Å². The zero-order chi connectivity index (χ0) is 17.4. The van der Waals surface area contributed by atoms with E-state index in [1.807, 2.05) is 6.92 Å². The molecule has 0 spiro atoms. The standard InChI is InChI=1S/C17H20F3N3O/c1-11(9-12-5-4-6-13(10-12)17(18,19)20)14-22-15(23-24-14)16(21)7-2-3-8-16/h4-6,10-11H,2-3,7-9,21H2,1H3. The van der Waals surface area contributed by atoms with E-state index in [9.17, 15) is 13.2 Å². The summed E-state index contributed by atoms with van der Waals surface area (Å²) in [4.78, 5) is 4.41. The number of benzene rings is 1. The summed E-state index contributed by atoms with van der Waals surface area (Å²) in [5, 5.41) is 4.00. The van der Waals surface area contributed by atoms with E-state index in [0.717, 1.165) is 37.8 Å². The molecule has 2 N–H and O–H groups in total. The number of aromatic nitrogens is 2. The normalized spacial score (nSPS) is 18.7. The number of nitrogens with two attached hydrogens (primary N) is 1. The highest BCUT2D eigenvalue weighted by atomic mass is 19.4. The Morgan fingerprint density at radius 3 is 2.67 bits per heavy atom. The summed E-state index contributed by atoms with van der Waals surface area (Å²) < 4.78 is 43.7. The summed E-state index contributed by atoms with van der Waals surface area (Å²) in [7, 11) is 0. The van der Waals surface area contributed by atoms with Crippen LogP contribution in [0.1, 0.15) is 61.4 Å². The number of rotatable bonds is 4. The van der Waals surface area contributed by atoms with Crippen LogP contribution in [-0.4, -0.2) is 10.1 Å². The zero-order valence-electron chi connectivity index (χ0n) is 13.4. The number of alkyl halides is 3. The van der Waals surface area contributed by atoms with Gasteiger partial charge in [0.15, 0.2) is 5.82 Å². The van der Waals surface area contributed by atoms with E-state index in [4.69, 9.17) is 10.3 Å². The topological polar surface area (TPSA) is 64.9 Å². The van der Waals surface area contributed by atoms with Crippen molar-refractivity contribution in [3.8, 4) is 0 Å². The van der Waals surface area contributed by atoms with Crippen LogP contribution in [0.25, 0.3) is 0 Å². The Bertz CT molecular complexity index is 705. The Labute approximate surface area is 138 Å². The van der Waals surface area contributed by atoms with Gasteiger partial charge in [-0.2, -0.15) is 18.2 Å². The molecule has 1 saturated carbocycles. The molecule has 130 valence electrons. The summed E-state index contributed by atoms with van der Waals surface area (Å²) in [6, 6.07) is 5.31. The average molecular weight is 339 g/mol. The molecule has 7 heteroatoms. The van der Waals surface area contributed by atoms with Crippen molar-refractivity contribution in [1.29, 1.82) is 0 Å². The van der Waals surface area contributed by atoms with Gasteiger partial charge in [-0.15, -0.1) is 0 Å². The second-order valence-electron chi connectivity index (χ2n) is 6.62. The number of halogens is 3. The molecule has 1 aromatic carbocycles. The molecule has 1 unspecified atom stereocenters. The Kier molecular flexibility index (Phi) is 4.38. The van der Waals surface area contributed by atoms with Crippen molar-refractivity contribution in [2.75, 3.05) is 0 Å². The first-order valence-electron chi connectivity index (χ1n) is 8.07. The van der Waals surface area contributed by atoms with Gasteiger partial charge in [0.05, 0.1) is 11.1 Å². The Morgan fingerprint density at radius 2 is 2.00 bits per heavy atom. The van der Waals surface area contributed by atoms with Crippen LogP contribution in [0.2, 0.25) is 0 Å². The molecule has 0 aliphatic heterocycles. The first-order valence-corrected chi connectivity index (χ1v) is 8.07. The molecule has 2 aromatic rings. The predicted molar refractivity (Wildman–Crippen MR) is 82.2 cm³/mol. The van der Waals surface area contributed by atoms with Crippen LogP contribution >= 0.6 is 0 Å². The highest BCUT2D eigenvalue weighted by Crippen LogP contribution is 2.35. The van der Waals surface area contributed by atoms with E-state index in [1.165, 1.54) is 6.07 Å². The molecule has 0 bridgehead atoms. The van der Waals surface area contributed by atoms with Gasteiger partial charge < -0.3 is 10.3 Å². The van der Waals surface area contributed by atoms with Crippen molar-refractivity contribution in [1.82, 2.24) is 10.1 Å². The van der Waals surface area contributed by atoms with Gasteiger partial charge in [-0.1, -0.05) is 43.1 Å². The average Bonchev–Trinajstić information content (AvgIpc) is 3.16. The smallest absolute Gasteiger partial charge is 0.339 e. The third kappa shape index (κ3) is 3.45. The summed E-state index contributed by atoms with van der Waals surface area (Å²) in [6.45, 7) is 1.86. The summed E-state index contributed by atoms with van der Waals surface area (Å²) in [6.07, 6.45) is -0.212. The Balaban J connectivity index is 1.74. The SMILES string of the molecule is CC(Cc1cccc(C(F)(F)F)c1)c1nc(C2(N)CCCC2)no1. The van der Waals surface area contributed by atoms with Crippen molar-refractivity contribution in [3.05, 3.63) is 47.1 Å². The maximum atomic E-state index is 12.8. The first kappa shape index (κ1) is 17.0. The molecule has 0 radical (unpaired) electrons. The number of hydrogen-bond donors (Lipinski definition) is 1. The van der Waals surface area contributed by atoms with Crippen molar-refractivity contribution >= 4 is 0 Å². The minimum atomic E-state index is -4.34. The molecule has 1 aliphatic rings. The van der Waals surface area contributed by atoms with E-state index in [2.05, 4.69) is 10.1 Å². The fourth-order valence-electron chi connectivity index (χ4n) is 3.18.